The summed E-state index contributed by atoms with van der Waals surface area (Å²) in [7, 11) is 0. The summed E-state index contributed by atoms with van der Waals surface area (Å²) in [5.41, 5.74) is 2.49. The first-order chi connectivity index (χ1) is 15.4. The van der Waals surface area contributed by atoms with E-state index in [2.05, 4.69) is 96.0 Å². The van der Waals surface area contributed by atoms with Gasteiger partial charge in [-0.1, -0.05) is 66.7 Å². The molecule has 2 heterocycles. The zero-order valence-corrected chi connectivity index (χ0v) is 17.5. The predicted molar refractivity (Wildman–Crippen MR) is 135 cm³/mol. The van der Waals surface area contributed by atoms with E-state index in [0.29, 0.717) is 0 Å². The van der Waals surface area contributed by atoms with Crippen molar-refractivity contribution >= 4 is 64.0 Å². The maximum Gasteiger partial charge on any atom is 0.124 e. The molecule has 0 spiro atoms. The van der Waals surface area contributed by atoms with Crippen molar-refractivity contribution in [1.29, 1.82) is 0 Å². The van der Waals surface area contributed by atoms with Crippen LogP contribution in [0.2, 0.25) is 0 Å². The summed E-state index contributed by atoms with van der Waals surface area (Å²) in [6.45, 7) is 0. The molecule has 0 aliphatic rings. The molecule has 0 N–H and O–H groups in total. The summed E-state index contributed by atoms with van der Waals surface area (Å²) in [6, 6.07) is 35.4. The van der Waals surface area contributed by atoms with E-state index in [9.17, 15) is 0 Å². The topological polar surface area (TPSA) is 12.9 Å². The van der Waals surface area contributed by atoms with Crippen molar-refractivity contribution in [3.63, 3.8) is 0 Å². The number of nitrogens with zero attached hydrogens (tertiary/aromatic N) is 1. The summed E-state index contributed by atoms with van der Waals surface area (Å²) in [6.07, 6.45) is 1.87. The van der Waals surface area contributed by atoms with Crippen LogP contribution in [0.1, 0.15) is 0 Å². The van der Waals surface area contributed by atoms with Crippen molar-refractivity contribution in [1.82, 2.24) is 4.98 Å². The molecular formula is C29H17NS. The molecule has 0 aliphatic carbocycles. The molecule has 31 heavy (non-hydrogen) atoms. The van der Waals surface area contributed by atoms with Gasteiger partial charge in [0.15, 0.2) is 0 Å². The lowest BCUT2D eigenvalue weighted by Gasteiger charge is -2.12. The van der Waals surface area contributed by atoms with Crippen LogP contribution >= 0.6 is 11.3 Å². The van der Waals surface area contributed by atoms with Gasteiger partial charge in [0.1, 0.15) is 4.83 Å². The van der Waals surface area contributed by atoms with Crippen LogP contribution in [0.25, 0.3) is 63.7 Å². The molecule has 0 bridgehead atoms. The zero-order chi connectivity index (χ0) is 20.4. The van der Waals surface area contributed by atoms with Gasteiger partial charge in [-0.05, 0) is 73.8 Å². The van der Waals surface area contributed by atoms with Gasteiger partial charge in [0.05, 0.1) is 0 Å². The van der Waals surface area contributed by atoms with Gasteiger partial charge in [-0.15, -0.1) is 11.3 Å². The van der Waals surface area contributed by atoms with Crippen molar-refractivity contribution in [2.75, 3.05) is 0 Å². The average molecular weight is 412 g/mol. The first-order valence-electron chi connectivity index (χ1n) is 10.5. The summed E-state index contributed by atoms with van der Waals surface area (Å²) < 4.78 is 1.29. The summed E-state index contributed by atoms with van der Waals surface area (Å²) >= 11 is 1.76. The van der Waals surface area contributed by atoms with Crippen molar-refractivity contribution in [3.05, 3.63) is 103 Å². The van der Waals surface area contributed by atoms with Crippen LogP contribution in [0.3, 0.4) is 0 Å². The maximum absolute atomic E-state index is 4.54. The van der Waals surface area contributed by atoms with Gasteiger partial charge >= 0.3 is 0 Å². The van der Waals surface area contributed by atoms with Crippen molar-refractivity contribution < 1.29 is 0 Å². The van der Waals surface area contributed by atoms with E-state index in [0.717, 1.165) is 4.83 Å². The van der Waals surface area contributed by atoms with Crippen molar-refractivity contribution in [2.24, 2.45) is 0 Å². The number of hydrogen-bond acceptors (Lipinski definition) is 2. The van der Waals surface area contributed by atoms with Crippen molar-refractivity contribution in [3.8, 4) is 11.1 Å². The number of benzene rings is 5. The number of aromatic nitrogens is 1. The molecule has 2 heteroatoms. The molecule has 0 radical (unpaired) electrons. The molecule has 0 aliphatic heterocycles. The molecular weight excluding hydrogens is 394 g/mol. The third kappa shape index (κ3) is 2.46. The van der Waals surface area contributed by atoms with Gasteiger partial charge in [0.2, 0.25) is 0 Å². The Morgan fingerprint density at radius 3 is 1.71 bits per heavy atom. The average Bonchev–Trinajstić information content (AvgIpc) is 3.22. The second-order valence-electron chi connectivity index (χ2n) is 8.02. The molecule has 144 valence electrons. The van der Waals surface area contributed by atoms with E-state index in [1.54, 1.807) is 11.3 Å². The number of pyridine rings is 1. The highest BCUT2D eigenvalue weighted by atomic mass is 32.1. The van der Waals surface area contributed by atoms with Gasteiger partial charge < -0.3 is 0 Å². The molecule has 0 unspecified atom stereocenters. The Kier molecular flexibility index (Phi) is 3.49. The van der Waals surface area contributed by atoms with Gasteiger partial charge in [0, 0.05) is 21.7 Å². The van der Waals surface area contributed by atoms with Gasteiger partial charge in [0.25, 0.3) is 0 Å². The molecule has 0 atom stereocenters. The fraction of sp³-hybridized carbons (Fsp3) is 0. The first-order valence-corrected chi connectivity index (χ1v) is 11.3. The molecule has 7 rings (SSSR count). The fourth-order valence-corrected chi connectivity index (χ4v) is 5.90. The lowest BCUT2D eigenvalue weighted by Crippen LogP contribution is -1.85. The van der Waals surface area contributed by atoms with Crippen LogP contribution in [-0.2, 0) is 0 Å². The van der Waals surface area contributed by atoms with Crippen LogP contribution in [0.4, 0.5) is 0 Å². The Morgan fingerprint density at radius 1 is 0.452 bits per heavy atom. The van der Waals surface area contributed by atoms with Gasteiger partial charge in [-0.3, -0.25) is 0 Å². The SMILES string of the molecule is c1cnc2sc3ccc(-c4ccc5c6ccccc6c6ccccc6c5c4)cc3c2c1. The highest BCUT2D eigenvalue weighted by Gasteiger charge is 2.11. The molecule has 0 saturated heterocycles. The second kappa shape index (κ2) is 6.37. The van der Waals surface area contributed by atoms with E-state index < -0.39 is 0 Å². The molecule has 7 aromatic rings. The number of fused-ring (bicyclic) bond motifs is 9. The molecule has 2 aromatic heterocycles. The van der Waals surface area contributed by atoms with E-state index >= 15 is 0 Å². The number of thiophene rings is 1. The van der Waals surface area contributed by atoms with Crippen LogP contribution in [0, 0.1) is 0 Å². The summed E-state index contributed by atoms with van der Waals surface area (Å²) in [5.74, 6) is 0. The highest BCUT2D eigenvalue weighted by Crippen LogP contribution is 2.39. The van der Waals surface area contributed by atoms with E-state index in [1.807, 2.05) is 12.3 Å². The Hall–Kier alpha value is -3.75. The minimum Gasteiger partial charge on any atom is -0.245 e. The second-order valence-corrected chi connectivity index (χ2v) is 9.05. The normalized spacial score (nSPS) is 11.9. The minimum atomic E-state index is 1.10. The fourth-order valence-electron chi connectivity index (χ4n) is 4.88. The summed E-state index contributed by atoms with van der Waals surface area (Å²) in [5, 5.41) is 10.4. The van der Waals surface area contributed by atoms with E-state index in [-0.39, 0.29) is 0 Å². The van der Waals surface area contributed by atoms with Crippen LogP contribution < -0.4 is 0 Å². The predicted octanol–water partition coefficient (Wildman–Crippen LogP) is 8.58. The number of hydrogen-bond donors (Lipinski definition) is 0. The highest BCUT2D eigenvalue weighted by molar-refractivity contribution is 7.25. The number of rotatable bonds is 1. The largest absolute Gasteiger partial charge is 0.245 e. The van der Waals surface area contributed by atoms with Gasteiger partial charge in [-0.25, -0.2) is 4.98 Å². The van der Waals surface area contributed by atoms with Gasteiger partial charge in [-0.2, -0.15) is 0 Å². The van der Waals surface area contributed by atoms with Crippen LogP contribution in [0.15, 0.2) is 103 Å². The molecule has 1 nitrogen and oxygen atoms in total. The van der Waals surface area contributed by atoms with Crippen LogP contribution in [0.5, 0.6) is 0 Å². The third-order valence-electron chi connectivity index (χ3n) is 6.33. The molecule has 0 amide bonds. The summed E-state index contributed by atoms with van der Waals surface area (Å²) in [4.78, 5) is 5.65. The van der Waals surface area contributed by atoms with Crippen LogP contribution in [-0.4, -0.2) is 4.98 Å². The molecule has 5 aromatic carbocycles. The molecule has 0 saturated carbocycles. The van der Waals surface area contributed by atoms with E-state index in [4.69, 9.17) is 0 Å². The minimum absolute atomic E-state index is 1.10. The lowest BCUT2D eigenvalue weighted by atomic mass is 9.92. The Labute approximate surface area is 183 Å². The molecule has 0 fully saturated rings. The quantitative estimate of drug-likeness (QED) is 0.247. The Bertz CT molecular complexity index is 1760. The first kappa shape index (κ1) is 17.0. The monoisotopic (exact) mass is 411 g/mol. The third-order valence-corrected chi connectivity index (χ3v) is 7.42. The Balaban J connectivity index is 1.54. The maximum atomic E-state index is 4.54. The zero-order valence-electron chi connectivity index (χ0n) is 16.7. The standard InChI is InChI=1S/C29H17NS/c1-2-8-22-20(6-1)21-7-3-4-9-23(21)26-16-18(11-13-24(22)26)19-12-14-28-27(17-19)25-10-5-15-30-29(25)31-28/h1-17H. The van der Waals surface area contributed by atoms with Crippen molar-refractivity contribution in [2.45, 2.75) is 0 Å². The Morgan fingerprint density at radius 2 is 1.00 bits per heavy atom. The van der Waals surface area contributed by atoms with E-state index in [1.165, 1.54) is 58.9 Å². The lowest BCUT2D eigenvalue weighted by molar-refractivity contribution is 1.45. The smallest absolute Gasteiger partial charge is 0.124 e.